The molecule has 6 heteroatoms. The second-order valence-electron chi connectivity index (χ2n) is 4.99. The fourth-order valence-corrected chi connectivity index (χ4v) is 3.35. The molecule has 0 radical (unpaired) electrons. The Balaban J connectivity index is 1.82. The molecule has 0 aliphatic heterocycles. The zero-order chi connectivity index (χ0) is 14.1. The third-order valence-electron chi connectivity index (χ3n) is 3.32. The van der Waals surface area contributed by atoms with E-state index in [1.165, 1.54) is 11.5 Å². The van der Waals surface area contributed by atoms with Crippen LogP contribution in [0.25, 0.3) is 0 Å². The van der Waals surface area contributed by atoms with Crippen molar-refractivity contribution in [2.45, 2.75) is 31.1 Å². The van der Waals surface area contributed by atoms with Gasteiger partial charge in [-0.05, 0) is 48.5 Å². The summed E-state index contributed by atoms with van der Waals surface area (Å²) >= 11 is 4.63. The van der Waals surface area contributed by atoms with Crippen molar-refractivity contribution in [1.29, 1.82) is 0 Å². The summed E-state index contributed by atoms with van der Waals surface area (Å²) < 4.78 is 5.25. The van der Waals surface area contributed by atoms with Gasteiger partial charge >= 0.3 is 5.97 Å². The molecule has 0 bridgehead atoms. The van der Waals surface area contributed by atoms with Crippen LogP contribution in [0.5, 0.6) is 0 Å². The minimum absolute atomic E-state index is 0.439. The van der Waals surface area contributed by atoms with E-state index in [4.69, 9.17) is 0 Å². The fraction of sp³-hybridized carbons (Fsp3) is 0.357. The van der Waals surface area contributed by atoms with E-state index in [1.54, 1.807) is 0 Å². The molecule has 1 aromatic carbocycles. The van der Waals surface area contributed by atoms with Gasteiger partial charge < -0.3 is 5.11 Å². The molecule has 20 heavy (non-hydrogen) atoms. The molecule has 4 nitrogen and oxygen atoms in total. The first kappa shape index (κ1) is 13.7. The third-order valence-corrected chi connectivity index (χ3v) is 4.66. The summed E-state index contributed by atoms with van der Waals surface area (Å²) in [6.45, 7) is 0. The number of carboxylic acid groups (broad SMARTS) is 1. The Morgan fingerprint density at radius 1 is 1.50 bits per heavy atom. The minimum Gasteiger partial charge on any atom is -0.481 e. The molecular formula is C14H13BrN2O2S. The summed E-state index contributed by atoms with van der Waals surface area (Å²) in [6.07, 6.45) is 2.69. The first-order chi connectivity index (χ1) is 9.63. The van der Waals surface area contributed by atoms with Crippen LogP contribution in [0.3, 0.4) is 0 Å². The highest BCUT2D eigenvalue weighted by molar-refractivity contribution is 9.10. The van der Waals surface area contributed by atoms with Crippen molar-refractivity contribution in [3.63, 3.8) is 0 Å². The lowest BCUT2D eigenvalue weighted by molar-refractivity contribution is -0.138. The van der Waals surface area contributed by atoms with E-state index in [1.807, 2.05) is 24.3 Å². The van der Waals surface area contributed by atoms with Crippen LogP contribution in [-0.2, 0) is 11.2 Å². The molecule has 0 spiro atoms. The molecule has 1 atom stereocenters. The molecule has 0 amide bonds. The van der Waals surface area contributed by atoms with Crippen LogP contribution < -0.4 is 0 Å². The molecule has 1 aliphatic carbocycles. The maximum absolute atomic E-state index is 11.5. The second-order valence-corrected chi connectivity index (χ2v) is 6.69. The predicted molar refractivity (Wildman–Crippen MR) is 80.1 cm³/mol. The van der Waals surface area contributed by atoms with Crippen molar-refractivity contribution in [2.24, 2.45) is 0 Å². The highest BCUT2D eigenvalue weighted by atomic mass is 79.9. The van der Waals surface area contributed by atoms with Gasteiger partial charge in [-0.1, -0.05) is 28.1 Å². The van der Waals surface area contributed by atoms with Crippen LogP contribution in [0.2, 0.25) is 0 Å². The highest BCUT2D eigenvalue weighted by Crippen LogP contribution is 2.39. The highest BCUT2D eigenvalue weighted by Gasteiger charge is 2.31. The van der Waals surface area contributed by atoms with Crippen molar-refractivity contribution in [3.8, 4) is 0 Å². The lowest BCUT2D eigenvalue weighted by Gasteiger charge is -2.09. The van der Waals surface area contributed by atoms with E-state index >= 15 is 0 Å². The maximum Gasteiger partial charge on any atom is 0.313 e. The lowest BCUT2D eigenvalue weighted by Crippen LogP contribution is -2.14. The van der Waals surface area contributed by atoms with E-state index < -0.39 is 11.9 Å². The molecule has 3 rings (SSSR count). The van der Waals surface area contributed by atoms with Gasteiger partial charge in [0.25, 0.3) is 0 Å². The van der Waals surface area contributed by atoms with Crippen molar-refractivity contribution in [3.05, 3.63) is 45.1 Å². The number of halogens is 1. The average molecular weight is 353 g/mol. The number of aromatic nitrogens is 2. The molecule has 1 unspecified atom stereocenters. The second kappa shape index (κ2) is 5.61. The number of nitrogens with zero attached hydrogens (tertiary/aromatic N) is 2. The molecular weight excluding hydrogens is 340 g/mol. The predicted octanol–water partition coefficient (Wildman–Crippen LogP) is 3.59. The number of carboxylic acids is 1. The Labute approximate surface area is 129 Å². The van der Waals surface area contributed by atoms with Crippen molar-refractivity contribution in [1.82, 2.24) is 9.36 Å². The zero-order valence-corrected chi connectivity index (χ0v) is 13.0. The largest absolute Gasteiger partial charge is 0.481 e. The van der Waals surface area contributed by atoms with E-state index in [9.17, 15) is 9.90 Å². The molecule has 1 aromatic heterocycles. The number of hydrogen-bond donors (Lipinski definition) is 1. The van der Waals surface area contributed by atoms with Crippen LogP contribution in [-0.4, -0.2) is 20.4 Å². The summed E-state index contributed by atoms with van der Waals surface area (Å²) in [5.74, 6) is -0.177. The standard InChI is InChI=1S/C14H13BrN2O2S/c15-10-3-1-2-8(6-10)7-11(14(18)19)13-16-12(17-20-13)9-4-5-9/h1-3,6,9,11H,4-5,7H2,(H,18,19). The first-order valence-electron chi connectivity index (χ1n) is 6.44. The van der Waals surface area contributed by atoms with Crippen LogP contribution >= 0.6 is 27.5 Å². The Hall–Kier alpha value is -1.27. The van der Waals surface area contributed by atoms with Gasteiger partial charge in [0.15, 0.2) is 0 Å². The molecule has 1 aliphatic rings. The number of aliphatic carboxylic acids is 1. The summed E-state index contributed by atoms with van der Waals surface area (Å²) in [6, 6.07) is 7.71. The molecule has 0 saturated heterocycles. The van der Waals surface area contributed by atoms with E-state index in [0.717, 1.165) is 28.7 Å². The molecule has 1 N–H and O–H groups in total. The van der Waals surface area contributed by atoms with Crippen molar-refractivity contribution >= 4 is 33.4 Å². The minimum atomic E-state index is -0.844. The SMILES string of the molecule is O=C(O)C(Cc1cccc(Br)c1)c1nc(C2CC2)ns1. The monoisotopic (exact) mass is 352 g/mol. The molecule has 104 valence electrons. The number of hydrogen-bond acceptors (Lipinski definition) is 4. The van der Waals surface area contributed by atoms with Gasteiger partial charge in [-0.2, -0.15) is 4.37 Å². The van der Waals surface area contributed by atoms with Gasteiger partial charge in [0.05, 0.1) is 0 Å². The van der Waals surface area contributed by atoms with Crippen LogP contribution in [0.1, 0.15) is 41.1 Å². The smallest absolute Gasteiger partial charge is 0.313 e. The summed E-state index contributed by atoms with van der Waals surface area (Å²) in [4.78, 5) is 15.9. The average Bonchev–Trinajstić information content (AvgIpc) is 3.14. The van der Waals surface area contributed by atoms with E-state index in [-0.39, 0.29) is 0 Å². The van der Waals surface area contributed by atoms with E-state index in [0.29, 0.717) is 17.3 Å². The van der Waals surface area contributed by atoms with Gasteiger partial charge in [0.1, 0.15) is 16.7 Å². The number of carbonyl (C=O) groups is 1. The van der Waals surface area contributed by atoms with Gasteiger partial charge in [0.2, 0.25) is 0 Å². The van der Waals surface area contributed by atoms with Crippen LogP contribution in [0.4, 0.5) is 0 Å². The van der Waals surface area contributed by atoms with Crippen molar-refractivity contribution < 1.29 is 9.90 Å². The van der Waals surface area contributed by atoms with Crippen LogP contribution in [0.15, 0.2) is 28.7 Å². The number of rotatable bonds is 5. The Morgan fingerprint density at radius 3 is 2.95 bits per heavy atom. The molecule has 1 saturated carbocycles. The lowest BCUT2D eigenvalue weighted by atomic mass is 10.00. The molecule has 1 fully saturated rings. The Kier molecular flexibility index (Phi) is 3.85. The maximum atomic E-state index is 11.5. The van der Waals surface area contributed by atoms with Gasteiger partial charge in [0, 0.05) is 10.4 Å². The molecule has 1 heterocycles. The summed E-state index contributed by atoms with van der Waals surface area (Å²) in [5.41, 5.74) is 0.981. The van der Waals surface area contributed by atoms with Gasteiger partial charge in [-0.15, -0.1) is 0 Å². The van der Waals surface area contributed by atoms with Crippen LogP contribution in [0, 0.1) is 0 Å². The van der Waals surface area contributed by atoms with E-state index in [2.05, 4.69) is 25.3 Å². The Bertz CT molecular complexity index is 640. The zero-order valence-electron chi connectivity index (χ0n) is 10.6. The fourth-order valence-electron chi connectivity index (χ4n) is 2.08. The Morgan fingerprint density at radius 2 is 2.30 bits per heavy atom. The molecule has 2 aromatic rings. The summed E-state index contributed by atoms with van der Waals surface area (Å²) in [7, 11) is 0. The number of benzene rings is 1. The normalized spacial score (nSPS) is 16.1. The first-order valence-corrected chi connectivity index (χ1v) is 8.01. The van der Waals surface area contributed by atoms with Gasteiger partial charge in [-0.3, -0.25) is 4.79 Å². The van der Waals surface area contributed by atoms with Crippen molar-refractivity contribution in [2.75, 3.05) is 0 Å². The topological polar surface area (TPSA) is 63.1 Å². The van der Waals surface area contributed by atoms with Gasteiger partial charge in [-0.25, -0.2) is 4.98 Å². The third kappa shape index (κ3) is 3.07. The summed E-state index contributed by atoms with van der Waals surface area (Å²) in [5, 5.41) is 10.1. The quantitative estimate of drug-likeness (QED) is 0.892.